The third-order valence-corrected chi connectivity index (χ3v) is 7.82. The van der Waals surface area contributed by atoms with Crippen molar-refractivity contribution in [1.29, 1.82) is 0 Å². The maximum atomic E-state index is 12.8. The van der Waals surface area contributed by atoms with Crippen molar-refractivity contribution < 1.29 is 23.7 Å². The van der Waals surface area contributed by atoms with Gasteiger partial charge in [0.15, 0.2) is 0 Å². The van der Waals surface area contributed by atoms with Crippen LogP contribution in [0.3, 0.4) is 0 Å². The molecule has 8 nitrogen and oxygen atoms in total. The summed E-state index contributed by atoms with van der Waals surface area (Å²) >= 11 is 0. The molecule has 42 heavy (non-hydrogen) atoms. The van der Waals surface area contributed by atoms with Gasteiger partial charge in [0, 0.05) is 19.7 Å². The summed E-state index contributed by atoms with van der Waals surface area (Å²) in [6.07, 6.45) is 2.17. The van der Waals surface area contributed by atoms with Gasteiger partial charge in [-0.15, -0.1) is 0 Å². The number of carbonyl (C=O) groups excluding carboxylic acids is 1. The zero-order chi connectivity index (χ0) is 29.3. The second kappa shape index (κ2) is 11.8. The number of methoxy groups -OCH3 is 1. The maximum absolute atomic E-state index is 12.8. The highest BCUT2D eigenvalue weighted by Crippen LogP contribution is 2.28. The van der Waals surface area contributed by atoms with Crippen LogP contribution in [0, 0.1) is 0 Å². The third kappa shape index (κ3) is 6.45. The normalized spacial score (nSPS) is 17.0. The molecule has 0 radical (unpaired) electrons. The second-order valence-corrected chi connectivity index (χ2v) is 12.2. The molecule has 0 bridgehead atoms. The van der Waals surface area contributed by atoms with Gasteiger partial charge in [0.05, 0.1) is 42.9 Å². The molecule has 6 rings (SSSR count). The molecule has 0 aliphatic carbocycles. The van der Waals surface area contributed by atoms with Crippen molar-refractivity contribution in [3.05, 3.63) is 88.7 Å². The summed E-state index contributed by atoms with van der Waals surface area (Å²) in [5.74, 6) is 2.35. The molecule has 1 saturated heterocycles. The lowest BCUT2D eigenvalue weighted by atomic mass is 9.99. The van der Waals surface area contributed by atoms with Crippen LogP contribution >= 0.6 is 0 Å². The van der Waals surface area contributed by atoms with Gasteiger partial charge in [-0.2, -0.15) is 0 Å². The number of hydrogen-bond acceptors (Lipinski definition) is 7. The molecule has 4 aromatic rings. The van der Waals surface area contributed by atoms with Crippen molar-refractivity contribution in [2.75, 3.05) is 20.3 Å². The van der Waals surface area contributed by atoms with E-state index < -0.39 is 5.60 Å². The van der Waals surface area contributed by atoms with Gasteiger partial charge in [0.1, 0.15) is 29.5 Å². The predicted octanol–water partition coefficient (Wildman–Crippen LogP) is 5.93. The van der Waals surface area contributed by atoms with Crippen LogP contribution in [-0.4, -0.2) is 52.4 Å². The number of ether oxygens (including phenoxy) is 4. The van der Waals surface area contributed by atoms with Gasteiger partial charge in [-0.05, 0) is 92.8 Å². The Balaban J connectivity index is 1.20. The lowest BCUT2D eigenvalue weighted by Gasteiger charge is -2.30. The lowest BCUT2D eigenvalue weighted by molar-refractivity contribution is -0.0592. The molecule has 220 valence electrons. The van der Waals surface area contributed by atoms with Crippen molar-refractivity contribution in [1.82, 2.24) is 14.5 Å². The summed E-state index contributed by atoms with van der Waals surface area (Å²) in [5.41, 5.74) is 5.50. The minimum atomic E-state index is -0.554. The molecule has 2 aliphatic heterocycles. The van der Waals surface area contributed by atoms with Gasteiger partial charge in [-0.25, -0.2) is 9.78 Å². The van der Waals surface area contributed by atoms with Crippen molar-refractivity contribution >= 4 is 17.0 Å². The first-order valence-corrected chi connectivity index (χ1v) is 14.7. The Labute approximate surface area is 247 Å². The van der Waals surface area contributed by atoms with Gasteiger partial charge in [-0.3, -0.25) is 4.90 Å². The number of rotatable bonds is 9. The van der Waals surface area contributed by atoms with E-state index in [4.69, 9.17) is 23.9 Å². The fraction of sp³-hybridized carbons (Fsp3) is 0.412. The van der Waals surface area contributed by atoms with Crippen LogP contribution < -0.4 is 9.47 Å². The Morgan fingerprint density at radius 3 is 2.67 bits per heavy atom. The van der Waals surface area contributed by atoms with E-state index >= 15 is 0 Å². The van der Waals surface area contributed by atoms with Crippen molar-refractivity contribution in [3.63, 3.8) is 0 Å². The van der Waals surface area contributed by atoms with Crippen LogP contribution in [0.2, 0.25) is 0 Å². The minimum Gasteiger partial charge on any atom is -0.497 e. The maximum Gasteiger partial charge on any atom is 0.338 e. The molecular weight excluding hydrogens is 530 g/mol. The van der Waals surface area contributed by atoms with Gasteiger partial charge < -0.3 is 23.5 Å². The van der Waals surface area contributed by atoms with Crippen LogP contribution in [0.5, 0.6) is 11.5 Å². The molecule has 0 unspecified atom stereocenters. The first-order valence-electron chi connectivity index (χ1n) is 14.7. The number of carbonyl (C=O) groups is 1. The smallest absolute Gasteiger partial charge is 0.338 e. The predicted molar refractivity (Wildman–Crippen MR) is 161 cm³/mol. The molecule has 1 aromatic heterocycles. The Kier molecular flexibility index (Phi) is 7.92. The fourth-order valence-corrected chi connectivity index (χ4v) is 5.54. The van der Waals surface area contributed by atoms with E-state index in [2.05, 4.69) is 27.7 Å². The van der Waals surface area contributed by atoms with E-state index in [1.54, 1.807) is 7.11 Å². The first kappa shape index (κ1) is 28.2. The molecule has 2 aliphatic rings. The molecule has 0 spiro atoms. The summed E-state index contributed by atoms with van der Waals surface area (Å²) in [7, 11) is 1.67. The van der Waals surface area contributed by atoms with Crippen LogP contribution in [0.1, 0.15) is 60.1 Å². The van der Waals surface area contributed by atoms with E-state index in [-0.39, 0.29) is 12.1 Å². The summed E-state index contributed by atoms with van der Waals surface area (Å²) < 4.78 is 25.1. The quantitative estimate of drug-likeness (QED) is 0.232. The molecular formula is C34H39N3O5. The Morgan fingerprint density at radius 1 is 1.05 bits per heavy atom. The van der Waals surface area contributed by atoms with E-state index in [0.29, 0.717) is 18.7 Å². The van der Waals surface area contributed by atoms with Crippen LogP contribution in [0.4, 0.5) is 0 Å². The number of hydrogen-bond donors (Lipinski definition) is 0. The van der Waals surface area contributed by atoms with Gasteiger partial charge in [0.25, 0.3) is 0 Å². The average molecular weight is 570 g/mol. The molecule has 0 N–H and O–H groups in total. The monoisotopic (exact) mass is 569 g/mol. The van der Waals surface area contributed by atoms with Gasteiger partial charge >= 0.3 is 5.97 Å². The second-order valence-electron chi connectivity index (χ2n) is 12.2. The van der Waals surface area contributed by atoms with E-state index in [1.165, 1.54) is 11.1 Å². The lowest BCUT2D eigenvalue weighted by Crippen LogP contribution is -2.34. The average Bonchev–Trinajstić information content (AvgIpc) is 3.28. The van der Waals surface area contributed by atoms with E-state index in [1.807, 2.05) is 63.2 Å². The highest BCUT2D eigenvalue weighted by molar-refractivity contribution is 5.94. The van der Waals surface area contributed by atoms with Crippen molar-refractivity contribution in [3.8, 4) is 11.5 Å². The van der Waals surface area contributed by atoms with Crippen LogP contribution in [0.25, 0.3) is 11.0 Å². The standard InChI is InChI=1S/C34H39N3O5/c1-34(2,3)42-33(38)25-9-11-30-31(18-25)37(20-29-13-15-40-29)32(35-30)21-36-14-12-24-8-10-28(17-26(24)19-36)41-22-23-6-5-7-27(16-23)39-4/h5-11,16-18,29H,12-15,19-22H2,1-4H3/t29-/m0/s1. The van der Waals surface area contributed by atoms with E-state index in [9.17, 15) is 4.79 Å². The molecule has 0 amide bonds. The summed E-state index contributed by atoms with van der Waals surface area (Å²) in [4.78, 5) is 20.3. The molecule has 1 atom stereocenters. The van der Waals surface area contributed by atoms with Crippen LogP contribution in [0.15, 0.2) is 60.7 Å². The zero-order valence-electron chi connectivity index (χ0n) is 24.9. The zero-order valence-corrected chi connectivity index (χ0v) is 24.9. The Hall–Kier alpha value is -3.88. The first-order chi connectivity index (χ1) is 20.2. The molecule has 8 heteroatoms. The number of fused-ring (bicyclic) bond motifs is 2. The topological polar surface area (TPSA) is 75.0 Å². The number of aromatic nitrogens is 2. The number of imidazole rings is 1. The molecule has 0 saturated carbocycles. The molecule has 3 aromatic carbocycles. The highest BCUT2D eigenvalue weighted by Gasteiger charge is 2.25. The van der Waals surface area contributed by atoms with Crippen molar-refractivity contribution in [2.24, 2.45) is 0 Å². The Morgan fingerprint density at radius 2 is 1.90 bits per heavy atom. The number of benzene rings is 3. The molecule has 1 fully saturated rings. The SMILES string of the molecule is COc1cccc(COc2ccc3c(c2)CN(Cc2nc4ccc(C(=O)OC(C)(C)C)cc4n2C[C@@H]2CCO2)CC3)c1. The fourth-order valence-electron chi connectivity index (χ4n) is 5.54. The van der Waals surface area contributed by atoms with Crippen LogP contribution in [-0.2, 0) is 42.1 Å². The summed E-state index contributed by atoms with van der Waals surface area (Å²) in [5, 5.41) is 0. The van der Waals surface area contributed by atoms with E-state index in [0.717, 1.165) is 73.0 Å². The van der Waals surface area contributed by atoms with Crippen molar-refractivity contribution in [2.45, 2.75) is 71.6 Å². The highest BCUT2D eigenvalue weighted by atomic mass is 16.6. The third-order valence-electron chi connectivity index (χ3n) is 7.82. The van der Waals surface area contributed by atoms with Gasteiger partial charge in [-0.1, -0.05) is 18.2 Å². The summed E-state index contributed by atoms with van der Waals surface area (Å²) in [6, 6.07) is 20.0. The molecule has 3 heterocycles. The number of esters is 1. The minimum absolute atomic E-state index is 0.165. The summed E-state index contributed by atoms with van der Waals surface area (Å²) in [6.45, 7) is 10.1. The largest absolute Gasteiger partial charge is 0.497 e. The van der Waals surface area contributed by atoms with Gasteiger partial charge in [0.2, 0.25) is 0 Å². The number of nitrogens with zero attached hydrogens (tertiary/aromatic N) is 3. The Bertz CT molecular complexity index is 1580.